The Morgan fingerprint density at radius 3 is 2.54 bits per heavy atom. The van der Waals surface area contributed by atoms with E-state index in [4.69, 9.17) is 0 Å². The van der Waals surface area contributed by atoms with E-state index < -0.39 is 0 Å². The molecule has 1 saturated carbocycles. The van der Waals surface area contributed by atoms with E-state index >= 15 is 0 Å². The van der Waals surface area contributed by atoms with Crippen LogP contribution in [0, 0.1) is 0 Å². The minimum Gasteiger partial charge on any atom is -0.349 e. The SMILES string of the molecule is CN1CCC(N(C)C(=O)Nc2cccc(C(=O)NC3CC3)c2)CC1. The zero-order chi connectivity index (χ0) is 17.1. The van der Waals surface area contributed by atoms with Crippen molar-refractivity contribution in [3.63, 3.8) is 0 Å². The van der Waals surface area contributed by atoms with Crippen molar-refractivity contribution in [3.8, 4) is 0 Å². The van der Waals surface area contributed by atoms with Gasteiger partial charge in [-0.1, -0.05) is 6.07 Å². The molecule has 1 aromatic carbocycles. The van der Waals surface area contributed by atoms with Gasteiger partial charge in [0.2, 0.25) is 0 Å². The number of hydrogen-bond acceptors (Lipinski definition) is 3. The van der Waals surface area contributed by atoms with Crippen LogP contribution in [0.2, 0.25) is 0 Å². The van der Waals surface area contributed by atoms with E-state index in [9.17, 15) is 9.59 Å². The first-order valence-electron chi connectivity index (χ1n) is 8.66. The van der Waals surface area contributed by atoms with Crippen LogP contribution in [0.3, 0.4) is 0 Å². The van der Waals surface area contributed by atoms with Crippen LogP contribution in [0.15, 0.2) is 24.3 Å². The van der Waals surface area contributed by atoms with Crippen molar-refractivity contribution in [2.75, 3.05) is 32.5 Å². The number of rotatable bonds is 4. The second kappa shape index (κ2) is 7.21. The van der Waals surface area contributed by atoms with E-state index in [1.54, 1.807) is 23.1 Å². The normalized spacial score (nSPS) is 18.9. The molecular formula is C18H26N4O2. The monoisotopic (exact) mass is 330 g/mol. The Bertz CT molecular complexity index is 607. The molecule has 0 bridgehead atoms. The van der Waals surface area contributed by atoms with Gasteiger partial charge in [0.15, 0.2) is 0 Å². The highest BCUT2D eigenvalue weighted by atomic mass is 16.2. The quantitative estimate of drug-likeness (QED) is 0.889. The van der Waals surface area contributed by atoms with Gasteiger partial charge in [-0.2, -0.15) is 0 Å². The van der Waals surface area contributed by atoms with Crippen LogP contribution in [0.25, 0.3) is 0 Å². The van der Waals surface area contributed by atoms with Gasteiger partial charge in [-0.3, -0.25) is 4.79 Å². The molecule has 1 aliphatic carbocycles. The van der Waals surface area contributed by atoms with Gasteiger partial charge in [0.25, 0.3) is 5.91 Å². The molecular weight excluding hydrogens is 304 g/mol. The van der Waals surface area contributed by atoms with Gasteiger partial charge in [-0.05, 0) is 64.0 Å². The van der Waals surface area contributed by atoms with E-state index in [1.165, 1.54) is 0 Å². The molecule has 2 fully saturated rings. The second-order valence-electron chi connectivity index (χ2n) is 6.90. The fraction of sp³-hybridized carbons (Fsp3) is 0.556. The number of amides is 3. The van der Waals surface area contributed by atoms with Crippen LogP contribution < -0.4 is 10.6 Å². The molecule has 2 N–H and O–H groups in total. The van der Waals surface area contributed by atoms with E-state index in [0.717, 1.165) is 38.8 Å². The number of benzene rings is 1. The molecule has 0 unspecified atom stereocenters. The average Bonchev–Trinajstić information content (AvgIpc) is 3.39. The summed E-state index contributed by atoms with van der Waals surface area (Å²) in [4.78, 5) is 28.6. The zero-order valence-corrected chi connectivity index (χ0v) is 14.4. The number of carbonyl (C=O) groups excluding carboxylic acids is 2. The predicted octanol–water partition coefficient (Wildman–Crippen LogP) is 2.14. The van der Waals surface area contributed by atoms with Crippen molar-refractivity contribution in [1.82, 2.24) is 15.1 Å². The highest BCUT2D eigenvalue weighted by Gasteiger charge is 2.25. The van der Waals surface area contributed by atoms with E-state index in [1.807, 2.05) is 13.1 Å². The summed E-state index contributed by atoms with van der Waals surface area (Å²) < 4.78 is 0. The molecule has 0 radical (unpaired) electrons. The largest absolute Gasteiger partial charge is 0.349 e. The molecule has 0 aromatic heterocycles. The first kappa shape index (κ1) is 16.8. The molecule has 130 valence electrons. The number of anilines is 1. The first-order chi connectivity index (χ1) is 11.5. The summed E-state index contributed by atoms with van der Waals surface area (Å²) in [7, 11) is 3.95. The van der Waals surface area contributed by atoms with Gasteiger partial charge < -0.3 is 20.4 Å². The number of nitrogens with one attached hydrogen (secondary N) is 2. The van der Waals surface area contributed by atoms with Gasteiger partial charge >= 0.3 is 6.03 Å². The number of likely N-dealkylation sites (tertiary alicyclic amines) is 1. The topological polar surface area (TPSA) is 64.7 Å². The van der Waals surface area contributed by atoms with E-state index in [0.29, 0.717) is 17.3 Å². The van der Waals surface area contributed by atoms with Gasteiger partial charge in [0.05, 0.1) is 0 Å². The van der Waals surface area contributed by atoms with Crippen molar-refractivity contribution in [3.05, 3.63) is 29.8 Å². The van der Waals surface area contributed by atoms with Gasteiger partial charge in [-0.15, -0.1) is 0 Å². The minimum atomic E-state index is -0.121. The predicted molar refractivity (Wildman–Crippen MR) is 94.2 cm³/mol. The molecule has 2 aliphatic rings. The maximum atomic E-state index is 12.5. The Morgan fingerprint density at radius 2 is 1.88 bits per heavy atom. The molecule has 3 rings (SSSR count). The Balaban J connectivity index is 1.58. The lowest BCUT2D eigenvalue weighted by atomic mass is 10.0. The molecule has 1 aliphatic heterocycles. The summed E-state index contributed by atoms with van der Waals surface area (Å²) >= 11 is 0. The number of carbonyl (C=O) groups is 2. The molecule has 0 spiro atoms. The van der Waals surface area contributed by atoms with Crippen molar-refractivity contribution < 1.29 is 9.59 Å². The highest BCUT2D eigenvalue weighted by Crippen LogP contribution is 2.20. The van der Waals surface area contributed by atoms with Crippen molar-refractivity contribution in [1.29, 1.82) is 0 Å². The van der Waals surface area contributed by atoms with Crippen LogP contribution in [0.4, 0.5) is 10.5 Å². The molecule has 1 saturated heterocycles. The Kier molecular flexibility index (Phi) is 5.04. The summed E-state index contributed by atoms with van der Waals surface area (Å²) in [5, 5.41) is 5.87. The van der Waals surface area contributed by atoms with Crippen molar-refractivity contribution >= 4 is 17.6 Å². The Hall–Kier alpha value is -2.08. The molecule has 3 amide bonds. The summed E-state index contributed by atoms with van der Waals surface area (Å²) in [5.74, 6) is -0.0720. The molecule has 1 aromatic rings. The number of nitrogens with zero attached hydrogens (tertiary/aromatic N) is 2. The third kappa shape index (κ3) is 4.26. The second-order valence-corrected chi connectivity index (χ2v) is 6.90. The molecule has 0 atom stereocenters. The van der Waals surface area contributed by atoms with Gasteiger partial charge in [-0.25, -0.2) is 4.79 Å². The number of urea groups is 1. The molecule has 6 heteroatoms. The maximum absolute atomic E-state index is 12.5. The Labute approximate surface area is 143 Å². The minimum absolute atomic E-state index is 0.0720. The lowest BCUT2D eigenvalue weighted by molar-refractivity contribution is 0.0951. The summed E-state index contributed by atoms with van der Waals surface area (Å²) in [6.45, 7) is 2.03. The van der Waals surface area contributed by atoms with E-state index in [2.05, 4.69) is 22.6 Å². The standard InChI is InChI=1S/C18H26N4O2/c1-21-10-8-16(9-11-21)22(2)18(24)20-15-5-3-4-13(12-15)17(23)19-14-6-7-14/h3-5,12,14,16H,6-11H2,1-2H3,(H,19,23)(H,20,24). The third-order valence-corrected chi connectivity index (χ3v) is 4.84. The van der Waals surface area contributed by atoms with Crippen molar-refractivity contribution in [2.45, 2.75) is 37.8 Å². The van der Waals surface area contributed by atoms with Gasteiger partial charge in [0, 0.05) is 30.4 Å². The van der Waals surface area contributed by atoms with Crippen LogP contribution in [0.5, 0.6) is 0 Å². The Morgan fingerprint density at radius 1 is 1.17 bits per heavy atom. The molecule has 24 heavy (non-hydrogen) atoms. The van der Waals surface area contributed by atoms with E-state index in [-0.39, 0.29) is 18.0 Å². The van der Waals surface area contributed by atoms with Crippen LogP contribution >= 0.6 is 0 Å². The van der Waals surface area contributed by atoms with Crippen LogP contribution in [-0.2, 0) is 0 Å². The molecule has 1 heterocycles. The lowest BCUT2D eigenvalue weighted by Gasteiger charge is -2.35. The highest BCUT2D eigenvalue weighted by molar-refractivity contribution is 5.97. The number of piperidine rings is 1. The fourth-order valence-electron chi connectivity index (χ4n) is 2.99. The molecule has 6 nitrogen and oxygen atoms in total. The average molecular weight is 330 g/mol. The summed E-state index contributed by atoms with van der Waals surface area (Å²) in [6, 6.07) is 7.59. The summed E-state index contributed by atoms with van der Waals surface area (Å²) in [6.07, 6.45) is 4.10. The number of hydrogen-bond donors (Lipinski definition) is 2. The maximum Gasteiger partial charge on any atom is 0.321 e. The first-order valence-corrected chi connectivity index (χ1v) is 8.66. The third-order valence-electron chi connectivity index (χ3n) is 4.84. The lowest BCUT2D eigenvalue weighted by Crippen LogP contribution is -2.46. The smallest absolute Gasteiger partial charge is 0.321 e. The van der Waals surface area contributed by atoms with Crippen molar-refractivity contribution in [2.24, 2.45) is 0 Å². The fourth-order valence-corrected chi connectivity index (χ4v) is 2.99. The zero-order valence-electron chi connectivity index (χ0n) is 14.4. The van der Waals surface area contributed by atoms with Crippen LogP contribution in [-0.4, -0.2) is 61.0 Å². The summed E-state index contributed by atoms with van der Waals surface area (Å²) in [5.41, 5.74) is 1.24. The van der Waals surface area contributed by atoms with Crippen LogP contribution in [0.1, 0.15) is 36.0 Å². The van der Waals surface area contributed by atoms with Gasteiger partial charge in [0.1, 0.15) is 0 Å².